The number of amides is 3. The number of nitrogens with one attached hydrogen (secondary N) is 4. The maximum Gasteiger partial charge on any atom is 0.315 e. The fourth-order valence-electron chi connectivity index (χ4n) is 3.25. The number of furan rings is 1. The summed E-state index contributed by atoms with van der Waals surface area (Å²) < 4.78 is 5.16. The Morgan fingerprint density at radius 3 is 3.08 bits per heavy atom. The Kier molecular flexibility index (Phi) is 5.90. The first-order valence-corrected chi connectivity index (χ1v) is 8.76. The van der Waals surface area contributed by atoms with Crippen molar-refractivity contribution in [1.82, 2.24) is 21.4 Å². The highest BCUT2D eigenvalue weighted by Crippen LogP contribution is 2.18. The van der Waals surface area contributed by atoms with Crippen LogP contribution in [0.2, 0.25) is 0 Å². The molecule has 0 aliphatic carbocycles. The minimum Gasteiger partial charge on any atom is -0.442 e. The predicted octanol–water partition coefficient (Wildman–Crippen LogP) is 0.559. The van der Waals surface area contributed by atoms with Gasteiger partial charge in [0.05, 0.1) is 12.1 Å². The molecule has 3 heterocycles. The van der Waals surface area contributed by atoms with E-state index < -0.39 is 0 Å². The van der Waals surface area contributed by atoms with Crippen molar-refractivity contribution < 1.29 is 14.0 Å². The second-order valence-electron chi connectivity index (χ2n) is 6.42. The van der Waals surface area contributed by atoms with Crippen molar-refractivity contribution >= 4 is 30.1 Å². The van der Waals surface area contributed by atoms with Crippen molar-refractivity contribution in [1.29, 1.82) is 0 Å². The van der Waals surface area contributed by atoms with E-state index in [0.29, 0.717) is 18.1 Å². The first-order valence-electron chi connectivity index (χ1n) is 8.76. The average Bonchev–Trinajstić information content (AvgIpc) is 3.28. The van der Waals surface area contributed by atoms with Gasteiger partial charge in [0, 0.05) is 31.3 Å². The highest BCUT2D eigenvalue weighted by Gasteiger charge is 2.41. The van der Waals surface area contributed by atoms with Crippen LogP contribution in [-0.4, -0.2) is 42.8 Å². The van der Waals surface area contributed by atoms with Gasteiger partial charge in [-0.3, -0.25) is 4.79 Å². The van der Waals surface area contributed by atoms with Gasteiger partial charge in [-0.05, 0) is 31.1 Å². The Hall–Kier alpha value is -2.81. The van der Waals surface area contributed by atoms with Gasteiger partial charge in [0.25, 0.3) is 0 Å². The quantitative estimate of drug-likeness (QED) is 0.262. The second kappa shape index (κ2) is 8.52. The van der Waals surface area contributed by atoms with Crippen molar-refractivity contribution in [2.45, 2.75) is 43.8 Å². The zero-order valence-corrected chi connectivity index (χ0v) is 14.4. The lowest BCUT2D eigenvalue weighted by Gasteiger charge is -2.17. The van der Waals surface area contributed by atoms with Gasteiger partial charge in [0.2, 0.25) is 5.91 Å². The van der Waals surface area contributed by atoms with Gasteiger partial charge in [-0.2, -0.15) is 5.10 Å². The van der Waals surface area contributed by atoms with Crippen molar-refractivity contribution in [2.24, 2.45) is 5.10 Å². The lowest BCUT2D eigenvalue weighted by atomic mass is 10.0. The standard InChI is InChI=1S/C17H24N6O3/c18-14-8-7-11(26-14)4-3-9-20-23-15(24)6-2-1-5-12-16-13(10-19-12)21-17(25)22-16/h3-4,7-9,12-13,16,19H,1-2,5-6,10,18H2,(H,23,24)(H2,21,22,25)/b4-3+,20-9+. The molecule has 2 aliphatic heterocycles. The average molecular weight is 360 g/mol. The molecule has 1 aromatic heterocycles. The molecule has 140 valence electrons. The summed E-state index contributed by atoms with van der Waals surface area (Å²) in [5.74, 6) is 0.853. The van der Waals surface area contributed by atoms with Crippen LogP contribution in [0, 0.1) is 0 Å². The molecule has 26 heavy (non-hydrogen) atoms. The Labute approximate surface area is 151 Å². The third kappa shape index (κ3) is 4.85. The van der Waals surface area contributed by atoms with E-state index in [-0.39, 0.29) is 30.1 Å². The summed E-state index contributed by atoms with van der Waals surface area (Å²) in [4.78, 5) is 23.1. The second-order valence-corrected chi connectivity index (χ2v) is 6.42. The van der Waals surface area contributed by atoms with Crippen LogP contribution in [0.25, 0.3) is 6.08 Å². The first kappa shape index (κ1) is 18.0. The Morgan fingerprint density at radius 2 is 2.27 bits per heavy atom. The molecule has 0 bridgehead atoms. The molecule has 0 spiro atoms. The van der Waals surface area contributed by atoms with Crippen LogP contribution < -0.4 is 27.1 Å². The molecule has 6 N–H and O–H groups in total. The number of nitrogen functional groups attached to an aromatic ring is 1. The van der Waals surface area contributed by atoms with Gasteiger partial charge in [-0.1, -0.05) is 6.42 Å². The minimum absolute atomic E-state index is 0.0895. The molecule has 3 amide bonds. The fraction of sp³-hybridized carbons (Fsp3) is 0.471. The zero-order valence-electron chi connectivity index (χ0n) is 14.4. The normalized spacial score (nSPS) is 24.8. The number of carbonyl (C=O) groups excluding carboxylic acids is 2. The summed E-state index contributed by atoms with van der Waals surface area (Å²) in [6.45, 7) is 0.793. The predicted molar refractivity (Wildman–Crippen MR) is 98.3 cm³/mol. The smallest absolute Gasteiger partial charge is 0.315 e. The van der Waals surface area contributed by atoms with Gasteiger partial charge in [0.15, 0.2) is 5.88 Å². The molecule has 1 aromatic rings. The highest BCUT2D eigenvalue weighted by molar-refractivity contribution is 5.81. The van der Waals surface area contributed by atoms with Gasteiger partial charge in [-0.25, -0.2) is 10.2 Å². The number of nitrogens with zero attached hydrogens (tertiary/aromatic N) is 1. The monoisotopic (exact) mass is 360 g/mol. The summed E-state index contributed by atoms with van der Waals surface area (Å²) in [6.07, 6.45) is 7.87. The molecule has 2 aliphatic rings. The van der Waals surface area contributed by atoms with E-state index in [9.17, 15) is 9.59 Å². The maximum absolute atomic E-state index is 11.7. The summed E-state index contributed by atoms with van der Waals surface area (Å²) in [5, 5.41) is 13.1. The van der Waals surface area contributed by atoms with E-state index >= 15 is 0 Å². The zero-order chi connectivity index (χ0) is 18.4. The largest absolute Gasteiger partial charge is 0.442 e. The molecule has 3 rings (SSSR count). The molecule has 2 saturated heterocycles. The lowest BCUT2D eigenvalue weighted by molar-refractivity contribution is -0.121. The van der Waals surface area contributed by atoms with Crippen LogP contribution >= 0.6 is 0 Å². The number of hydrazone groups is 1. The van der Waals surface area contributed by atoms with Crippen LogP contribution in [0.3, 0.4) is 0 Å². The lowest BCUT2D eigenvalue weighted by Crippen LogP contribution is -2.40. The third-order valence-electron chi connectivity index (χ3n) is 4.51. The van der Waals surface area contributed by atoms with Crippen molar-refractivity contribution in [3.63, 3.8) is 0 Å². The minimum atomic E-state index is -0.120. The van der Waals surface area contributed by atoms with Gasteiger partial charge >= 0.3 is 6.03 Å². The van der Waals surface area contributed by atoms with E-state index in [2.05, 4.69) is 26.5 Å². The molecular weight excluding hydrogens is 336 g/mol. The molecule has 2 fully saturated rings. The molecule has 0 saturated carbocycles. The molecule has 9 heteroatoms. The number of anilines is 1. The Bertz CT molecular complexity index is 698. The van der Waals surface area contributed by atoms with Gasteiger partial charge in [0.1, 0.15) is 5.76 Å². The van der Waals surface area contributed by atoms with Crippen LogP contribution in [0.5, 0.6) is 0 Å². The van der Waals surface area contributed by atoms with Crippen molar-refractivity contribution in [3.05, 3.63) is 24.0 Å². The van der Waals surface area contributed by atoms with Crippen molar-refractivity contribution in [2.75, 3.05) is 12.3 Å². The number of rotatable bonds is 8. The topological polar surface area (TPSA) is 134 Å². The summed E-state index contributed by atoms with van der Waals surface area (Å²) in [6, 6.07) is 3.91. The number of unbranched alkanes of at least 4 members (excludes halogenated alkanes) is 1. The van der Waals surface area contributed by atoms with E-state index in [1.807, 2.05) is 0 Å². The molecule has 3 atom stereocenters. The molecule has 9 nitrogen and oxygen atoms in total. The Morgan fingerprint density at radius 1 is 1.38 bits per heavy atom. The van der Waals surface area contributed by atoms with E-state index in [1.165, 1.54) is 6.21 Å². The molecular formula is C17H24N6O3. The maximum atomic E-state index is 11.7. The summed E-state index contributed by atoms with van der Waals surface area (Å²) >= 11 is 0. The number of allylic oxidation sites excluding steroid dienone is 1. The number of urea groups is 1. The molecule has 0 radical (unpaired) electrons. The van der Waals surface area contributed by atoms with E-state index in [0.717, 1.165) is 25.8 Å². The van der Waals surface area contributed by atoms with Crippen LogP contribution in [0.1, 0.15) is 31.4 Å². The third-order valence-corrected chi connectivity index (χ3v) is 4.51. The highest BCUT2D eigenvalue weighted by atomic mass is 16.3. The summed E-state index contributed by atoms with van der Waals surface area (Å²) in [7, 11) is 0. The van der Waals surface area contributed by atoms with E-state index in [1.54, 1.807) is 24.3 Å². The number of nitrogens with two attached hydrogens (primary N) is 1. The van der Waals surface area contributed by atoms with Crippen LogP contribution in [0.15, 0.2) is 27.7 Å². The number of hydrogen-bond donors (Lipinski definition) is 5. The first-order chi connectivity index (χ1) is 12.6. The van der Waals surface area contributed by atoms with Crippen LogP contribution in [0.4, 0.5) is 10.7 Å². The number of hydrogen-bond acceptors (Lipinski definition) is 6. The number of carbonyl (C=O) groups is 2. The SMILES string of the molecule is Nc1ccc(/C=C/C=N/NC(=O)CCCCC2NCC3NC(=O)NC23)o1. The van der Waals surface area contributed by atoms with Crippen LogP contribution in [-0.2, 0) is 4.79 Å². The molecule has 3 unspecified atom stereocenters. The van der Waals surface area contributed by atoms with E-state index in [4.69, 9.17) is 10.2 Å². The summed E-state index contributed by atoms with van der Waals surface area (Å²) in [5.41, 5.74) is 7.95. The fourth-order valence-corrected chi connectivity index (χ4v) is 3.25. The van der Waals surface area contributed by atoms with Gasteiger partial charge in [-0.15, -0.1) is 0 Å². The number of fused-ring (bicyclic) bond motifs is 1. The van der Waals surface area contributed by atoms with Gasteiger partial charge < -0.3 is 26.1 Å². The Balaban J connectivity index is 1.27. The molecule has 0 aromatic carbocycles. The van der Waals surface area contributed by atoms with Crippen molar-refractivity contribution in [3.8, 4) is 0 Å².